The van der Waals surface area contributed by atoms with Gasteiger partial charge in [-0.1, -0.05) is 42.5 Å². The molecule has 0 radical (unpaired) electrons. The van der Waals surface area contributed by atoms with Crippen LogP contribution in [0.4, 0.5) is 19.3 Å². The Hall–Kier alpha value is -4.63. The van der Waals surface area contributed by atoms with Crippen LogP contribution in [0.1, 0.15) is 18.1 Å². The van der Waals surface area contributed by atoms with Gasteiger partial charge in [0.05, 0.1) is 17.6 Å². The van der Waals surface area contributed by atoms with Crippen molar-refractivity contribution < 1.29 is 13.6 Å². The van der Waals surface area contributed by atoms with Crippen molar-refractivity contribution in [1.82, 2.24) is 25.2 Å². The zero-order valence-corrected chi connectivity index (χ0v) is 21.4. The molecule has 0 bridgehead atoms. The van der Waals surface area contributed by atoms with E-state index in [1.54, 1.807) is 30.7 Å². The molecule has 5 rings (SSSR count). The highest BCUT2D eigenvalue weighted by Crippen LogP contribution is 2.27. The molecule has 5 aromatic rings. The summed E-state index contributed by atoms with van der Waals surface area (Å²) in [5.41, 5.74) is 7.50. The molecule has 0 unspecified atom stereocenters. The second kappa shape index (κ2) is 11.4. The Morgan fingerprint density at radius 2 is 1.72 bits per heavy atom. The quantitative estimate of drug-likeness (QED) is 0.215. The fraction of sp³-hybridized carbons (Fsp3) is 0.167. The number of fused-ring (bicyclic) bond motifs is 1. The summed E-state index contributed by atoms with van der Waals surface area (Å²) in [6.45, 7) is 1.54. The van der Waals surface area contributed by atoms with Crippen molar-refractivity contribution in [3.63, 3.8) is 0 Å². The van der Waals surface area contributed by atoms with Crippen LogP contribution in [-0.2, 0) is 13.1 Å². The number of imidazole rings is 1. The molecule has 0 aliphatic carbocycles. The number of pyridine rings is 1. The van der Waals surface area contributed by atoms with E-state index < -0.39 is 18.5 Å². The van der Waals surface area contributed by atoms with E-state index in [1.807, 2.05) is 41.1 Å². The summed E-state index contributed by atoms with van der Waals surface area (Å²) in [7, 11) is 0. The summed E-state index contributed by atoms with van der Waals surface area (Å²) in [6, 6.07) is 25.0. The maximum atomic E-state index is 13.0. The number of nitrogens with one attached hydrogen (secondary N) is 3. The normalized spacial score (nSPS) is 11.5. The van der Waals surface area contributed by atoms with Crippen LogP contribution in [0, 0.1) is 0 Å². The fourth-order valence-electron chi connectivity index (χ4n) is 4.21. The van der Waals surface area contributed by atoms with Gasteiger partial charge in [0.1, 0.15) is 6.33 Å². The molecule has 2 aromatic heterocycles. The van der Waals surface area contributed by atoms with E-state index in [4.69, 9.17) is 0 Å². The van der Waals surface area contributed by atoms with Crippen LogP contribution in [0.5, 0.6) is 0 Å². The number of benzene rings is 3. The molecule has 2 heterocycles. The van der Waals surface area contributed by atoms with Crippen molar-refractivity contribution in [3.05, 3.63) is 109 Å². The van der Waals surface area contributed by atoms with Gasteiger partial charge in [0.25, 0.3) is 5.92 Å². The first kappa shape index (κ1) is 26.0. The molecule has 3 N–H and O–H groups in total. The van der Waals surface area contributed by atoms with E-state index in [1.165, 1.54) is 5.56 Å². The number of halogens is 2. The van der Waals surface area contributed by atoms with Crippen LogP contribution in [0.2, 0.25) is 0 Å². The van der Waals surface area contributed by atoms with Gasteiger partial charge >= 0.3 is 6.03 Å². The molecule has 7 nitrogen and oxygen atoms in total. The van der Waals surface area contributed by atoms with Gasteiger partial charge in [-0.25, -0.2) is 18.6 Å². The molecule has 0 fully saturated rings. The van der Waals surface area contributed by atoms with Gasteiger partial charge in [-0.05, 0) is 58.7 Å². The second-order valence-electron chi connectivity index (χ2n) is 9.41. The zero-order chi connectivity index (χ0) is 27.2. The predicted molar refractivity (Wildman–Crippen MR) is 149 cm³/mol. The standard InChI is InChI=1S/C30H28F2N6O/c1-30(31,32)19-35-29(39)37-25-5-2-6-26(15-25)38-20-36-27-14-24(11-12-28(27)38)23-9-7-21(8-10-23)16-34-18-22-4-3-13-33-17-22/h2-15,17,20,34H,16,18-19H2,1H3,(H2,35,37,39). The number of aromatic nitrogens is 3. The number of urea groups is 1. The van der Waals surface area contributed by atoms with E-state index in [0.29, 0.717) is 5.69 Å². The Morgan fingerprint density at radius 1 is 0.923 bits per heavy atom. The molecule has 39 heavy (non-hydrogen) atoms. The maximum Gasteiger partial charge on any atom is 0.319 e. The highest BCUT2D eigenvalue weighted by molar-refractivity contribution is 5.90. The summed E-state index contributed by atoms with van der Waals surface area (Å²) in [5, 5.41) is 8.21. The molecule has 198 valence electrons. The number of hydrogen-bond acceptors (Lipinski definition) is 4. The lowest BCUT2D eigenvalue weighted by Gasteiger charge is -2.13. The molecule has 9 heteroatoms. The predicted octanol–water partition coefficient (Wildman–Crippen LogP) is 6.15. The van der Waals surface area contributed by atoms with Gasteiger partial charge in [0.15, 0.2) is 0 Å². The largest absolute Gasteiger partial charge is 0.332 e. The van der Waals surface area contributed by atoms with Gasteiger partial charge in [0, 0.05) is 43.8 Å². The van der Waals surface area contributed by atoms with Crippen LogP contribution in [-0.4, -0.2) is 33.0 Å². The smallest absolute Gasteiger partial charge is 0.319 e. The van der Waals surface area contributed by atoms with Gasteiger partial charge in [-0.3, -0.25) is 9.55 Å². The number of rotatable bonds is 9. The first-order valence-corrected chi connectivity index (χ1v) is 12.5. The number of alkyl halides is 2. The number of hydrogen-bond donors (Lipinski definition) is 3. The van der Waals surface area contributed by atoms with Crippen LogP contribution < -0.4 is 16.0 Å². The third kappa shape index (κ3) is 6.82. The number of nitrogens with zero attached hydrogens (tertiary/aromatic N) is 3. The minimum Gasteiger partial charge on any atom is -0.332 e. The lowest BCUT2D eigenvalue weighted by Crippen LogP contribution is -2.37. The van der Waals surface area contributed by atoms with Gasteiger partial charge in [-0.15, -0.1) is 0 Å². The van der Waals surface area contributed by atoms with Crippen molar-refractivity contribution in [1.29, 1.82) is 0 Å². The Kier molecular flexibility index (Phi) is 7.60. The first-order valence-electron chi connectivity index (χ1n) is 12.5. The van der Waals surface area contributed by atoms with E-state index in [0.717, 1.165) is 53.4 Å². The van der Waals surface area contributed by atoms with Gasteiger partial charge in [-0.2, -0.15) is 0 Å². The number of carbonyl (C=O) groups excluding carboxylic acids is 1. The Labute approximate surface area is 224 Å². The topological polar surface area (TPSA) is 83.9 Å². The fourth-order valence-corrected chi connectivity index (χ4v) is 4.21. The molecule has 3 aromatic carbocycles. The van der Waals surface area contributed by atoms with Crippen LogP contribution in [0.25, 0.3) is 27.8 Å². The monoisotopic (exact) mass is 526 g/mol. The SMILES string of the molecule is CC(F)(F)CNC(=O)Nc1cccc(-n2cnc3cc(-c4ccc(CNCc5cccnc5)cc4)ccc32)c1. The van der Waals surface area contributed by atoms with E-state index in [9.17, 15) is 13.6 Å². The Balaban J connectivity index is 1.25. The van der Waals surface area contributed by atoms with Crippen LogP contribution in [0.3, 0.4) is 0 Å². The molecule has 0 saturated heterocycles. The van der Waals surface area contributed by atoms with Crippen molar-refractivity contribution in [2.24, 2.45) is 0 Å². The van der Waals surface area contributed by atoms with Crippen LogP contribution >= 0.6 is 0 Å². The number of carbonyl (C=O) groups is 1. The van der Waals surface area contributed by atoms with Crippen molar-refractivity contribution >= 4 is 22.8 Å². The van der Waals surface area contributed by atoms with Crippen molar-refractivity contribution in [3.8, 4) is 16.8 Å². The third-order valence-electron chi connectivity index (χ3n) is 6.16. The summed E-state index contributed by atoms with van der Waals surface area (Å²) >= 11 is 0. The number of anilines is 1. The molecule has 0 aliphatic heterocycles. The van der Waals surface area contributed by atoms with E-state index in [2.05, 4.69) is 56.3 Å². The molecular weight excluding hydrogens is 498 g/mol. The minimum atomic E-state index is -2.98. The summed E-state index contributed by atoms with van der Waals surface area (Å²) < 4.78 is 27.9. The van der Waals surface area contributed by atoms with Crippen molar-refractivity contribution in [2.45, 2.75) is 25.9 Å². The molecule has 0 atom stereocenters. The zero-order valence-electron chi connectivity index (χ0n) is 21.4. The minimum absolute atomic E-state index is 0.484. The second-order valence-corrected chi connectivity index (χ2v) is 9.41. The molecule has 0 spiro atoms. The Morgan fingerprint density at radius 3 is 2.49 bits per heavy atom. The summed E-state index contributed by atoms with van der Waals surface area (Å²) in [6.07, 6.45) is 5.35. The Bertz CT molecular complexity index is 1560. The number of amides is 2. The lowest BCUT2D eigenvalue weighted by atomic mass is 10.0. The third-order valence-corrected chi connectivity index (χ3v) is 6.16. The summed E-state index contributed by atoms with van der Waals surface area (Å²) in [4.78, 5) is 20.7. The average Bonchev–Trinajstić information content (AvgIpc) is 3.36. The van der Waals surface area contributed by atoms with E-state index >= 15 is 0 Å². The summed E-state index contributed by atoms with van der Waals surface area (Å²) in [5.74, 6) is -2.98. The molecule has 2 amide bonds. The average molecular weight is 527 g/mol. The lowest BCUT2D eigenvalue weighted by molar-refractivity contribution is 0.0257. The van der Waals surface area contributed by atoms with Crippen molar-refractivity contribution in [2.75, 3.05) is 11.9 Å². The molecule has 0 aliphatic rings. The van der Waals surface area contributed by atoms with Crippen LogP contribution in [0.15, 0.2) is 97.6 Å². The molecular formula is C30H28F2N6O. The van der Waals surface area contributed by atoms with Gasteiger partial charge < -0.3 is 16.0 Å². The molecule has 0 saturated carbocycles. The highest BCUT2D eigenvalue weighted by Gasteiger charge is 2.21. The maximum absolute atomic E-state index is 13.0. The first-order chi connectivity index (χ1) is 18.8. The van der Waals surface area contributed by atoms with Gasteiger partial charge in [0.2, 0.25) is 0 Å². The highest BCUT2D eigenvalue weighted by atomic mass is 19.3. The van der Waals surface area contributed by atoms with E-state index in [-0.39, 0.29) is 0 Å².